The number of aromatic nitrogens is 4. The lowest BCUT2D eigenvalue weighted by Crippen LogP contribution is -2.66. The lowest BCUT2D eigenvalue weighted by molar-refractivity contribution is -0.165. The van der Waals surface area contributed by atoms with Crippen LogP contribution in [0.5, 0.6) is 0 Å². The smallest absolute Gasteiger partial charge is 0.245 e. The molecule has 1 fully saturated rings. The molecule has 1 aliphatic rings. The minimum atomic E-state index is -1.18. The summed E-state index contributed by atoms with van der Waals surface area (Å²) in [5.74, 6) is 0.0848. The van der Waals surface area contributed by atoms with Gasteiger partial charge >= 0.3 is 0 Å². The normalized spacial score (nSPS) is 18.5. The highest BCUT2D eigenvalue weighted by molar-refractivity contribution is 5.86. The van der Waals surface area contributed by atoms with Crippen LogP contribution in [0.3, 0.4) is 0 Å². The number of imidazole rings is 1. The van der Waals surface area contributed by atoms with Crippen LogP contribution in [0, 0.1) is 0 Å². The quantitative estimate of drug-likeness (QED) is 0.629. The molecule has 1 saturated heterocycles. The molecule has 1 aliphatic heterocycles. The zero-order chi connectivity index (χ0) is 15.2. The second kappa shape index (κ2) is 4.64. The fraction of sp³-hybridized carbons (Fsp3) is 0.500. The number of carbonyl (C=O) groups is 1. The molecule has 0 aromatic carbocycles. The molecular formula is C12H16N6O3. The SMILES string of the molecule is CC(C(=O)N1CC(O)(CO)C1)n1cnc2c(N)ncnc21. The van der Waals surface area contributed by atoms with Crippen molar-refractivity contribution in [3.8, 4) is 0 Å². The molecule has 0 radical (unpaired) electrons. The highest BCUT2D eigenvalue weighted by atomic mass is 16.3. The number of nitrogens with two attached hydrogens (primary N) is 1. The predicted molar refractivity (Wildman–Crippen MR) is 73.1 cm³/mol. The Morgan fingerprint density at radius 2 is 2.19 bits per heavy atom. The number of nitrogens with zero attached hydrogens (tertiary/aromatic N) is 5. The van der Waals surface area contributed by atoms with Gasteiger partial charge in [0.25, 0.3) is 0 Å². The Bertz CT molecular complexity index is 693. The van der Waals surface area contributed by atoms with Gasteiger partial charge in [-0.05, 0) is 6.92 Å². The van der Waals surface area contributed by atoms with E-state index >= 15 is 0 Å². The van der Waals surface area contributed by atoms with Gasteiger partial charge in [0.05, 0.1) is 26.0 Å². The Morgan fingerprint density at radius 3 is 2.86 bits per heavy atom. The lowest BCUT2D eigenvalue weighted by Gasteiger charge is -2.46. The topological polar surface area (TPSA) is 130 Å². The Balaban J connectivity index is 1.83. The third-order valence-corrected chi connectivity index (χ3v) is 3.74. The summed E-state index contributed by atoms with van der Waals surface area (Å²) in [4.78, 5) is 25.9. The zero-order valence-electron chi connectivity index (χ0n) is 11.5. The van der Waals surface area contributed by atoms with E-state index < -0.39 is 11.6 Å². The predicted octanol–water partition coefficient (Wildman–Crippen LogP) is -1.46. The molecule has 9 nitrogen and oxygen atoms in total. The molecule has 112 valence electrons. The lowest BCUT2D eigenvalue weighted by atomic mass is 9.94. The third-order valence-electron chi connectivity index (χ3n) is 3.74. The summed E-state index contributed by atoms with van der Waals surface area (Å²) in [5.41, 5.74) is 5.47. The monoisotopic (exact) mass is 292 g/mol. The number of rotatable bonds is 3. The average Bonchev–Trinajstić information content (AvgIpc) is 2.87. The molecular weight excluding hydrogens is 276 g/mol. The number of hydrogen-bond donors (Lipinski definition) is 3. The summed E-state index contributed by atoms with van der Waals surface area (Å²) in [6.45, 7) is 1.61. The summed E-state index contributed by atoms with van der Waals surface area (Å²) < 4.78 is 1.62. The summed E-state index contributed by atoms with van der Waals surface area (Å²) in [5, 5.41) is 18.8. The maximum absolute atomic E-state index is 12.4. The molecule has 3 heterocycles. The number of β-amino-alcohol motifs (C(OH)–C–C–N with tert-alkyl or cyclic N) is 1. The van der Waals surface area contributed by atoms with E-state index in [2.05, 4.69) is 15.0 Å². The van der Waals surface area contributed by atoms with Crippen molar-refractivity contribution in [3.63, 3.8) is 0 Å². The number of aliphatic hydroxyl groups is 2. The molecule has 0 spiro atoms. The first kappa shape index (κ1) is 13.7. The number of likely N-dealkylation sites (tertiary alicyclic amines) is 1. The number of nitrogen functional groups attached to an aromatic ring is 1. The van der Waals surface area contributed by atoms with Crippen LogP contribution < -0.4 is 5.73 Å². The minimum absolute atomic E-state index is 0.121. The van der Waals surface area contributed by atoms with E-state index in [9.17, 15) is 9.90 Å². The molecule has 1 unspecified atom stereocenters. The van der Waals surface area contributed by atoms with E-state index in [1.807, 2.05) is 0 Å². The van der Waals surface area contributed by atoms with Crippen molar-refractivity contribution >= 4 is 22.9 Å². The van der Waals surface area contributed by atoms with Gasteiger partial charge < -0.3 is 25.4 Å². The molecule has 21 heavy (non-hydrogen) atoms. The Labute approximate surface area is 120 Å². The van der Waals surface area contributed by atoms with E-state index in [1.54, 1.807) is 11.5 Å². The zero-order valence-corrected chi connectivity index (χ0v) is 11.5. The number of fused-ring (bicyclic) bond motifs is 1. The van der Waals surface area contributed by atoms with Crippen molar-refractivity contribution < 1.29 is 15.0 Å². The van der Waals surface area contributed by atoms with Gasteiger partial charge in [0.15, 0.2) is 11.5 Å². The van der Waals surface area contributed by atoms with Gasteiger partial charge in [-0.15, -0.1) is 0 Å². The first-order valence-electron chi connectivity index (χ1n) is 6.50. The summed E-state index contributed by atoms with van der Waals surface area (Å²) >= 11 is 0. The fourth-order valence-corrected chi connectivity index (χ4v) is 2.46. The highest BCUT2D eigenvalue weighted by Crippen LogP contribution is 2.25. The Kier molecular flexibility index (Phi) is 3.03. The van der Waals surface area contributed by atoms with Crippen LogP contribution in [-0.2, 0) is 4.79 Å². The van der Waals surface area contributed by atoms with E-state index in [1.165, 1.54) is 17.6 Å². The van der Waals surface area contributed by atoms with Gasteiger partial charge in [0, 0.05) is 0 Å². The van der Waals surface area contributed by atoms with E-state index in [0.29, 0.717) is 11.2 Å². The number of anilines is 1. The molecule has 2 aromatic heterocycles. The van der Waals surface area contributed by atoms with Crippen LogP contribution in [0.1, 0.15) is 13.0 Å². The van der Waals surface area contributed by atoms with Crippen molar-refractivity contribution in [2.45, 2.75) is 18.6 Å². The number of aliphatic hydroxyl groups excluding tert-OH is 1. The molecule has 4 N–H and O–H groups in total. The van der Waals surface area contributed by atoms with Crippen LogP contribution in [0.25, 0.3) is 11.2 Å². The van der Waals surface area contributed by atoms with Crippen molar-refractivity contribution in [3.05, 3.63) is 12.7 Å². The molecule has 1 amide bonds. The molecule has 0 saturated carbocycles. The first-order valence-corrected chi connectivity index (χ1v) is 6.50. The van der Waals surface area contributed by atoms with Gasteiger partial charge in [-0.25, -0.2) is 15.0 Å². The van der Waals surface area contributed by atoms with E-state index in [4.69, 9.17) is 10.8 Å². The van der Waals surface area contributed by atoms with Crippen molar-refractivity contribution in [2.75, 3.05) is 25.4 Å². The average molecular weight is 292 g/mol. The maximum atomic E-state index is 12.4. The summed E-state index contributed by atoms with van der Waals surface area (Å²) in [6, 6.07) is -0.535. The standard InChI is InChI=1S/C12H16N6O3/c1-7(11(20)17-2-12(21,3-17)4-19)18-6-16-8-9(13)14-5-15-10(8)18/h5-7,19,21H,2-4H2,1H3,(H2,13,14,15). The van der Waals surface area contributed by atoms with E-state index in [-0.39, 0.29) is 31.4 Å². The van der Waals surface area contributed by atoms with Gasteiger partial charge in [-0.2, -0.15) is 0 Å². The molecule has 0 aliphatic carbocycles. The van der Waals surface area contributed by atoms with Crippen molar-refractivity contribution in [1.29, 1.82) is 0 Å². The fourth-order valence-electron chi connectivity index (χ4n) is 2.46. The second-order valence-electron chi connectivity index (χ2n) is 5.34. The number of amides is 1. The second-order valence-corrected chi connectivity index (χ2v) is 5.34. The van der Waals surface area contributed by atoms with Crippen LogP contribution >= 0.6 is 0 Å². The van der Waals surface area contributed by atoms with Crippen LogP contribution in [0.4, 0.5) is 5.82 Å². The maximum Gasteiger partial charge on any atom is 0.245 e. The minimum Gasteiger partial charge on any atom is -0.393 e. The summed E-state index contributed by atoms with van der Waals surface area (Å²) in [7, 11) is 0. The van der Waals surface area contributed by atoms with Crippen molar-refractivity contribution in [2.24, 2.45) is 0 Å². The largest absolute Gasteiger partial charge is 0.393 e. The van der Waals surface area contributed by atoms with Crippen LogP contribution in [-0.4, -0.2) is 65.8 Å². The van der Waals surface area contributed by atoms with Crippen LogP contribution in [0.2, 0.25) is 0 Å². The molecule has 1 atom stereocenters. The molecule has 9 heteroatoms. The number of carbonyl (C=O) groups excluding carboxylic acids is 1. The molecule has 0 bridgehead atoms. The summed E-state index contributed by atoms with van der Waals surface area (Å²) in [6.07, 6.45) is 2.82. The third kappa shape index (κ3) is 2.10. The van der Waals surface area contributed by atoms with Gasteiger partial charge in [0.2, 0.25) is 5.91 Å². The van der Waals surface area contributed by atoms with Crippen molar-refractivity contribution in [1.82, 2.24) is 24.4 Å². The molecule has 3 rings (SSSR count). The van der Waals surface area contributed by atoms with Gasteiger partial charge in [-0.1, -0.05) is 0 Å². The van der Waals surface area contributed by atoms with Gasteiger partial charge in [0.1, 0.15) is 23.5 Å². The Morgan fingerprint density at radius 1 is 1.48 bits per heavy atom. The van der Waals surface area contributed by atoms with E-state index in [0.717, 1.165) is 0 Å². The Hall–Kier alpha value is -2.26. The highest BCUT2D eigenvalue weighted by Gasteiger charge is 2.44. The van der Waals surface area contributed by atoms with Crippen LogP contribution in [0.15, 0.2) is 12.7 Å². The first-order chi connectivity index (χ1) is 9.95. The van der Waals surface area contributed by atoms with Gasteiger partial charge in [-0.3, -0.25) is 4.79 Å². The number of hydrogen-bond acceptors (Lipinski definition) is 7. The molecule has 2 aromatic rings.